The number of aryl methyl sites for hydroxylation is 3. The number of nitrogens with zero attached hydrogens (tertiary/aromatic N) is 1. The van der Waals surface area contributed by atoms with Crippen molar-refractivity contribution in [1.82, 2.24) is 0 Å². The highest BCUT2D eigenvalue weighted by Gasteiger charge is 2.40. The van der Waals surface area contributed by atoms with E-state index in [1.165, 1.54) is 66.6 Å². The summed E-state index contributed by atoms with van der Waals surface area (Å²) in [6.07, 6.45) is 0. The van der Waals surface area contributed by atoms with Crippen LogP contribution in [-0.4, -0.2) is 0 Å². The fourth-order valence-corrected chi connectivity index (χ4v) is 10.3. The van der Waals surface area contributed by atoms with Crippen LogP contribution in [0.1, 0.15) is 93.0 Å². The molecule has 1 heterocycles. The summed E-state index contributed by atoms with van der Waals surface area (Å²) in [5.74, 6) is 0. The smallest absolute Gasteiger partial charge is 0.143 e. The number of hydrogen-bond acceptors (Lipinski definition) is 2. The first-order chi connectivity index (χ1) is 27.1. The van der Waals surface area contributed by atoms with Gasteiger partial charge in [0.15, 0.2) is 0 Å². The van der Waals surface area contributed by atoms with E-state index in [1.807, 2.05) is 0 Å². The quantitative estimate of drug-likeness (QED) is 0.179. The number of rotatable bonds is 4. The third-order valence-corrected chi connectivity index (χ3v) is 13.2. The third-order valence-electron chi connectivity index (χ3n) is 13.2. The Morgan fingerprint density at radius 3 is 1.86 bits per heavy atom. The van der Waals surface area contributed by atoms with E-state index in [-0.39, 0.29) is 16.2 Å². The molecule has 0 aliphatic heterocycles. The Balaban J connectivity index is 1.24. The molecule has 0 atom stereocenters. The lowest BCUT2D eigenvalue weighted by Gasteiger charge is -2.31. The van der Waals surface area contributed by atoms with Crippen LogP contribution in [0, 0.1) is 20.8 Å². The van der Waals surface area contributed by atoms with E-state index < -0.39 is 0 Å². The first kappa shape index (κ1) is 35.5. The van der Waals surface area contributed by atoms with Gasteiger partial charge in [-0.1, -0.05) is 139 Å². The largest absolute Gasteiger partial charge is 0.455 e. The Hall–Kier alpha value is -5.86. The van der Waals surface area contributed by atoms with Gasteiger partial charge >= 0.3 is 0 Å². The third kappa shape index (κ3) is 5.15. The summed E-state index contributed by atoms with van der Waals surface area (Å²) < 4.78 is 6.88. The van der Waals surface area contributed by atoms with Crippen LogP contribution in [0.5, 0.6) is 0 Å². The molecule has 2 heteroatoms. The topological polar surface area (TPSA) is 16.4 Å². The van der Waals surface area contributed by atoms with Crippen molar-refractivity contribution in [2.24, 2.45) is 0 Å². The van der Waals surface area contributed by atoms with Crippen molar-refractivity contribution in [2.75, 3.05) is 4.90 Å². The fraction of sp³-hybridized carbons (Fsp3) is 0.236. The van der Waals surface area contributed by atoms with Gasteiger partial charge in [0.1, 0.15) is 11.2 Å². The number of hydrogen-bond donors (Lipinski definition) is 0. The minimum atomic E-state index is -0.166. The van der Waals surface area contributed by atoms with Crippen LogP contribution < -0.4 is 4.90 Å². The second kappa shape index (κ2) is 12.1. The fourth-order valence-electron chi connectivity index (χ4n) is 10.3. The van der Waals surface area contributed by atoms with Crippen LogP contribution in [0.2, 0.25) is 0 Å². The molecule has 0 bridgehead atoms. The molecule has 282 valence electrons. The number of anilines is 3. The van der Waals surface area contributed by atoms with Crippen molar-refractivity contribution in [1.29, 1.82) is 0 Å². The van der Waals surface area contributed by atoms with Crippen molar-refractivity contribution < 1.29 is 4.42 Å². The monoisotopic (exact) mass is 741 g/mol. The van der Waals surface area contributed by atoms with Crippen molar-refractivity contribution in [3.8, 4) is 33.4 Å². The van der Waals surface area contributed by atoms with Gasteiger partial charge < -0.3 is 9.32 Å². The molecule has 7 aromatic carbocycles. The molecule has 2 nitrogen and oxygen atoms in total. The summed E-state index contributed by atoms with van der Waals surface area (Å²) in [5, 5.41) is 2.32. The van der Waals surface area contributed by atoms with E-state index in [0.717, 1.165) is 50.3 Å². The van der Waals surface area contributed by atoms with Crippen LogP contribution in [0.3, 0.4) is 0 Å². The zero-order chi connectivity index (χ0) is 39.8. The molecule has 2 aliphatic rings. The lowest BCUT2D eigenvalue weighted by molar-refractivity contribution is 0.589. The number of para-hydroxylation sites is 1. The number of fused-ring (bicyclic) bond motifs is 9. The molecule has 1 aromatic heterocycles. The van der Waals surface area contributed by atoms with Crippen LogP contribution in [0.4, 0.5) is 17.1 Å². The number of furan rings is 1. The van der Waals surface area contributed by atoms with Crippen molar-refractivity contribution in [3.05, 3.63) is 172 Å². The molecule has 10 rings (SSSR count). The molecule has 2 aliphatic carbocycles. The zero-order valence-electron chi connectivity index (χ0n) is 35.0. The molecular weight excluding hydrogens is 691 g/mol. The van der Waals surface area contributed by atoms with Gasteiger partial charge in [-0.05, 0) is 130 Å². The predicted octanol–water partition coefficient (Wildman–Crippen LogP) is 15.6. The maximum Gasteiger partial charge on any atom is 0.143 e. The predicted molar refractivity (Wildman–Crippen MR) is 242 cm³/mol. The average molecular weight is 742 g/mol. The zero-order valence-corrected chi connectivity index (χ0v) is 35.0. The number of benzene rings is 7. The minimum absolute atomic E-state index is 0.0221. The van der Waals surface area contributed by atoms with Crippen molar-refractivity contribution in [2.45, 2.75) is 85.5 Å². The second-order valence-electron chi connectivity index (χ2n) is 18.8. The van der Waals surface area contributed by atoms with Crippen LogP contribution in [0.25, 0.3) is 55.3 Å². The first-order valence-electron chi connectivity index (χ1n) is 20.5. The van der Waals surface area contributed by atoms with Gasteiger partial charge in [0.05, 0.1) is 5.69 Å². The van der Waals surface area contributed by atoms with Gasteiger partial charge in [-0.25, -0.2) is 0 Å². The molecule has 0 saturated carbocycles. The van der Waals surface area contributed by atoms with Crippen LogP contribution in [0.15, 0.2) is 132 Å². The lowest BCUT2D eigenvalue weighted by Crippen LogP contribution is -2.18. The minimum Gasteiger partial charge on any atom is -0.455 e. The molecule has 0 amide bonds. The van der Waals surface area contributed by atoms with Crippen molar-refractivity contribution >= 4 is 39.0 Å². The van der Waals surface area contributed by atoms with E-state index in [1.54, 1.807) is 0 Å². The van der Waals surface area contributed by atoms with Gasteiger partial charge in [-0.2, -0.15) is 0 Å². The van der Waals surface area contributed by atoms with E-state index >= 15 is 0 Å². The van der Waals surface area contributed by atoms with E-state index in [9.17, 15) is 0 Å². The van der Waals surface area contributed by atoms with Gasteiger partial charge in [0, 0.05) is 44.1 Å². The van der Waals surface area contributed by atoms with Gasteiger partial charge in [0.25, 0.3) is 0 Å². The lowest BCUT2D eigenvalue weighted by atomic mass is 9.79. The maximum atomic E-state index is 6.88. The Kier molecular flexibility index (Phi) is 7.53. The summed E-state index contributed by atoms with van der Waals surface area (Å²) >= 11 is 0. The Labute approximate surface area is 337 Å². The highest BCUT2D eigenvalue weighted by Crippen LogP contribution is 2.55. The van der Waals surface area contributed by atoms with E-state index in [0.29, 0.717) is 0 Å². The van der Waals surface area contributed by atoms with Gasteiger partial charge in [-0.3, -0.25) is 0 Å². The average Bonchev–Trinajstić information content (AvgIpc) is 3.75. The summed E-state index contributed by atoms with van der Waals surface area (Å²) in [4.78, 5) is 2.51. The van der Waals surface area contributed by atoms with E-state index in [4.69, 9.17) is 4.42 Å². The summed E-state index contributed by atoms with van der Waals surface area (Å²) in [7, 11) is 0. The molecule has 0 unspecified atom stereocenters. The van der Waals surface area contributed by atoms with Gasteiger partial charge in [0.2, 0.25) is 0 Å². The SMILES string of the molecule is Cc1ccc(N(c2ccc3c(c2)C(C)(C)c2ccccc2-3)c2ccc3c(c2)C(C)(C)c2cccc(C(C)(C)C)c2-3)c(-c2cccc3c2oc2c(C)cc(C)cc23)c1. The Morgan fingerprint density at radius 2 is 1.11 bits per heavy atom. The van der Waals surface area contributed by atoms with Crippen molar-refractivity contribution in [3.63, 3.8) is 0 Å². The van der Waals surface area contributed by atoms with Crippen LogP contribution in [-0.2, 0) is 16.2 Å². The summed E-state index contributed by atoms with van der Waals surface area (Å²) in [6.45, 7) is 23.1. The Morgan fingerprint density at radius 1 is 0.474 bits per heavy atom. The second-order valence-corrected chi connectivity index (χ2v) is 18.8. The van der Waals surface area contributed by atoms with Crippen LogP contribution >= 0.6 is 0 Å². The normalized spacial score (nSPS) is 14.8. The molecule has 57 heavy (non-hydrogen) atoms. The molecule has 0 fully saturated rings. The Bertz CT molecular complexity index is 2980. The first-order valence-corrected chi connectivity index (χ1v) is 20.5. The van der Waals surface area contributed by atoms with E-state index in [2.05, 4.69) is 202 Å². The molecule has 0 radical (unpaired) electrons. The highest BCUT2D eigenvalue weighted by molar-refractivity contribution is 6.12. The highest BCUT2D eigenvalue weighted by atomic mass is 16.3. The molecular formula is C55H51NO. The standard InChI is InChI=1S/C55H51NO/c1-32-21-26-49(42(28-32)39-16-13-17-40-43-29-33(2)27-34(3)51(43)57-52(39)40)56(35-22-24-38-37-15-11-12-18-44(37)54(7,8)47(38)30-35)36-23-25-41-48(31-36)55(9,10)46-20-14-19-45(50(41)46)53(4,5)6/h11-31H,1-10H3. The molecule has 8 aromatic rings. The molecule has 0 spiro atoms. The molecule has 0 N–H and O–H groups in total. The summed E-state index contributed by atoms with van der Waals surface area (Å²) in [5.41, 5.74) is 23.2. The summed E-state index contributed by atoms with van der Waals surface area (Å²) in [6, 6.07) is 48.3. The molecule has 0 saturated heterocycles. The van der Waals surface area contributed by atoms with Gasteiger partial charge in [-0.15, -0.1) is 0 Å². The maximum absolute atomic E-state index is 6.88.